The van der Waals surface area contributed by atoms with E-state index in [1.165, 1.54) is 0 Å². The topological polar surface area (TPSA) is 50.6 Å². The minimum atomic E-state index is -0.166. The van der Waals surface area contributed by atoms with E-state index in [1.807, 2.05) is 31.4 Å². The highest BCUT2D eigenvalue weighted by molar-refractivity contribution is 5.78. The number of likely N-dealkylation sites (N-methyl/N-ethyl adjacent to an activating group) is 1. The van der Waals surface area contributed by atoms with Crippen LogP contribution in [0.3, 0.4) is 0 Å². The van der Waals surface area contributed by atoms with Gasteiger partial charge in [-0.3, -0.25) is 9.69 Å². The first-order valence-corrected chi connectivity index (χ1v) is 7.60. The molecule has 2 fully saturated rings. The van der Waals surface area contributed by atoms with Crippen molar-refractivity contribution in [3.05, 3.63) is 18.2 Å². The van der Waals surface area contributed by atoms with Gasteiger partial charge in [0.2, 0.25) is 5.91 Å². The smallest absolute Gasteiger partial charge is 0.248 e. The van der Waals surface area contributed by atoms with Gasteiger partial charge >= 0.3 is 0 Å². The molecule has 0 radical (unpaired) electrons. The molecule has 6 nitrogen and oxygen atoms in total. The third-order valence-corrected chi connectivity index (χ3v) is 5.21. The molecule has 0 bridgehead atoms. The van der Waals surface area contributed by atoms with Gasteiger partial charge in [0.25, 0.3) is 0 Å². The Morgan fingerprint density at radius 2 is 2.10 bits per heavy atom. The number of aryl methyl sites for hydroxylation is 1. The molecule has 1 amide bonds. The van der Waals surface area contributed by atoms with Crippen LogP contribution in [0.25, 0.3) is 0 Å². The van der Waals surface area contributed by atoms with Gasteiger partial charge in [-0.2, -0.15) is 0 Å². The van der Waals surface area contributed by atoms with Crippen LogP contribution in [-0.4, -0.2) is 63.6 Å². The maximum absolute atomic E-state index is 11.7. The predicted octanol–water partition coefficient (Wildman–Crippen LogP) is 0.632. The van der Waals surface area contributed by atoms with E-state index in [0.717, 1.165) is 38.3 Å². The number of nitrogens with zero attached hydrogens (tertiary/aromatic N) is 4. The molecule has 6 heteroatoms. The molecule has 2 aliphatic rings. The fourth-order valence-electron chi connectivity index (χ4n) is 3.40. The van der Waals surface area contributed by atoms with Crippen LogP contribution in [0.15, 0.2) is 12.4 Å². The van der Waals surface area contributed by atoms with Crippen molar-refractivity contribution in [3.63, 3.8) is 0 Å². The lowest BCUT2D eigenvalue weighted by Crippen LogP contribution is -2.62. The molecule has 1 aromatic rings. The summed E-state index contributed by atoms with van der Waals surface area (Å²) in [6.45, 7) is 5.17. The van der Waals surface area contributed by atoms with Crippen molar-refractivity contribution < 1.29 is 9.53 Å². The first-order valence-electron chi connectivity index (χ1n) is 7.60. The maximum Gasteiger partial charge on any atom is 0.248 e. The van der Waals surface area contributed by atoms with E-state index >= 15 is 0 Å². The second-order valence-corrected chi connectivity index (χ2v) is 6.26. The quantitative estimate of drug-likeness (QED) is 0.802. The molecule has 0 aromatic carbocycles. The summed E-state index contributed by atoms with van der Waals surface area (Å²) < 4.78 is 8.04. The molecule has 3 rings (SSSR count). The van der Waals surface area contributed by atoms with Gasteiger partial charge in [0, 0.05) is 39.6 Å². The van der Waals surface area contributed by atoms with E-state index in [9.17, 15) is 4.79 Å². The van der Waals surface area contributed by atoms with Crippen molar-refractivity contribution in [1.29, 1.82) is 0 Å². The van der Waals surface area contributed by atoms with Crippen LogP contribution < -0.4 is 0 Å². The van der Waals surface area contributed by atoms with Crippen LogP contribution >= 0.6 is 0 Å². The zero-order chi connectivity index (χ0) is 15.0. The Hall–Kier alpha value is -1.40. The lowest BCUT2D eigenvalue weighted by atomic mass is 9.83. The van der Waals surface area contributed by atoms with Crippen molar-refractivity contribution in [2.75, 3.05) is 26.7 Å². The van der Waals surface area contributed by atoms with Gasteiger partial charge in [0.1, 0.15) is 12.4 Å². The monoisotopic (exact) mass is 292 g/mol. The summed E-state index contributed by atoms with van der Waals surface area (Å²) in [5.41, 5.74) is -0.166. The molecular weight excluding hydrogens is 268 g/mol. The van der Waals surface area contributed by atoms with E-state index in [1.54, 1.807) is 0 Å². The number of morpholine rings is 1. The number of carbonyl (C=O) groups excluding carboxylic acids is 1. The van der Waals surface area contributed by atoms with Gasteiger partial charge < -0.3 is 14.2 Å². The summed E-state index contributed by atoms with van der Waals surface area (Å²) in [5.74, 6) is 1.18. The molecule has 0 aliphatic carbocycles. The molecule has 116 valence electrons. The number of hydrogen-bond donors (Lipinski definition) is 0. The normalized spacial score (nSPS) is 26.5. The van der Waals surface area contributed by atoms with Crippen LogP contribution in [0.5, 0.6) is 0 Å². The average molecular weight is 292 g/mol. The zero-order valence-electron chi connectivity index (χ0n) is 13.1. The molecule has 21 heavy (non-hydrogen) atoms. The van der Waals surface area contributed by atoms with E-state index < -0.39 is 0 Å². The summed E-state index contributed by atoms with van der Waals surface area (Å²) >= 11 is 0. The standard InChI is InChI=1S/C15H24N4O2/c1-12-15(21-11-14(20)18(12)3)4-7-19(8-5-15)10-13-16-6-9-17(13)2/h6,9,12H,4-5,7-8,10-11H2,1-3H3/t12-/m0/s1. The number of carbonyl (C=O) groups is 1. The number of aromatic nitrogens is 2. The van der Waals surface area contributed by atoms with E-state index in [2.05, 4.69) is 21.4 Å². The number of amides is 1. The number of piperidine rings is 1. The fraction of sp³-hybridized carbons (Fsp3) is 0.733. The van der Waals surface area contributed by atoms with E-state index in [-0.39, 0.29) is 24.2 Å². The molecule has 3 heterocycles. The number of ether oxygens (including phenoxy) is 1. The molecule has 2 aliphatic heterocycles. The molecule has 1 aromatic heterocycles. The van der Waals surface area contributed by atoms with Gasteiger partial charge in [-0.15, -0.1) is 0 Å². The fourth-order valence-corrected chi connectivity index (χ4v) is 3.40. The Labute approximate surface area is 125 Å². The Morgan fingerprint density at radius 1 is 1.38 bits per heavy atom. The molecule has 2 saturated heterocycles. The first-order chi connectivity index (χ1) is 10.0. The Kier molecular flexibility index (Phi) is 3.75. The first kappa shape index (κ1) is 14.5. The van der Waals surface area contributed by atoms with Gasteiger partial charge in [-0.25, -0.2) is 4.98 Å². The number of imidazole rings is 1. The SMILES string of the molecule is C[C@@H]1N(C)C(=O)COC12CCN(Cc1nccn1C)CC2. The Balaban J connectivity index is 1.62. The minimum Gasteiger partial charge on any atom is -0.363 e. The number of rotatable bonds is 2. The van der Waals surface area contributed by atoms with Gasteiger partial charge in [-0.05, 0) is 19.8 Å². The summed E-state index contributed by atoms with van der Waals surface area (Å²) in [4.78, 5) is 20.4. The van der Waals surface area contributed by atoms with Crippen LogP contribution in [0.2, 0.25) is 0 Å². The van der Waals surface area contributed by atoms with E-state index in [4.69, 9.17) is 4.74 Å². The number of hydrogen-bond acceptors (Lipinski definition) is 4. The van der Waals surface area contributed by atoms with Gasteiger partial charge in [0.05, 0.1) is 18.2 Å². The second-order valence-electron chi connectivity index (χ2n) is 6.26. The lowest BCUT2D eigenvalue weighted by Gasteiger charge is -2.50. The van der Waals surface area contributed by atoms with Crippen molar-refractivity contribution >= 4 is 5.91 Å². The van der Waals surface area contributed by atoms with Crippen molar-refractivity contribution in [2.45, 2.75) is 38.0 Å². The molecule has 1 spiro atoms. The summed E-state index contributed by atoms with van der Waals surface area (Å²) in [6.07, 6.45) is 5.76. The largest absolute Gasteiger partial charge is 0.363 e. The van der Waals surface area contributed by atoms with Gasteiger partial charge in [-0.1, -0.05) is 0 Å². The number of likely N-dealkylation sites (tertiary alicyclic amines) is 1. The summed E-state index contributed by atoms with van der Waals surface area (Å²) in [7, 11) is 3.91. The van der Waals surface area contributed by atoms with Crippen LogP contribution in [0.1, 0.15) is 25.6 Å². The highest BCUT2D eigenvalue weighted by Gasteiger charge is 2.46. The predicted molar refractivity (Wildman–Crippen MR) is 78.6 cm³/mol. The highest BCUT2D eigenvalue weighted by atomic mass is 16.5. The molecular formula is C15H24N4O2. The van der Waals surface area contributed by atoms with Gasteiger partial charge in [0.15, 0.2) is 0 Å². The molecule has 0 unspecified atom stereocenters. The van der Waals surface area contributed by atoms with Crippen LogP contribution in [0.4, 0.5) is 0 Å². The van der Waals surface area contributed by atoms with Crippen molar-refractivity contribution in [1.82, 2.24) is 19.4 Å². The lowest BCUT2D eigenvalue weighted by molar-refractivity contribution is -0.183. The highest BCUT2D eigenvalue weighted by Crippen LogP contribution is 2.35. The van der Waals surface area contributed by atoms with Crippen LogP contribution in [0, 0.1) is 0 Å². The maximum atomic E-state index is 11.7. The molecule has 1 atom stereocenters. The zero-order valence-corrected chi connectivity index (χ0v) is 13.1. The second kappa shape index (κ2) is 5.42. The Bertz CT molecular complexity index is 519. The third kappa shape index (κ3) is 2.58. The average Bonchev–Trinajstić information content (AvgIpc) is 2.89. The Morgan fingerprint density at radius 3 is 2.71 bits per heavy atom. The molecule has 0 N–H and O–H groups in total. The molecule has 0 saturated carbocycles. The summed E-state index contributed by atoms with van der Waals surface area (Å²) in [6, 6.07) is 0.147. The third-order valence-electron chi connectivity index (χ3n) is 5.21. The van der Waals surface area contributed by atoms with Crippen molar-refractivity contribution in [2.24, 2.45) is 7.05 Å². The van der Waals surface area contributed by atoms with E-state index in [0.29, 0.717) is 0 Å². The summed E-state index contributed by atoms with van der Waals surface area (Å²) in [5, 5.41) is 0. The van der Waals surface area contributed by atoms with Crippen LogP contribution in [-0.2, 0) is 23.1 Å². The van der Waals surface area contributed by atoms with Crippen molar-refractivity contribution in [3.8, 4) is 0 Å². The minimum absolute atomic E-state index is 0.0866.